The lowest BCUT2D eigenvalue weighted by Gasteiger charge is -2.32. The summed E-state index contributed by atoms with van der Waals surface area (Å²) in [6.07, 6.45) is 5.48. The standard InChI is InChI=1S/C25H25N5O2S2/c31-23-22(34-25(32)29-23)13-20-5-9-27-24(28-20)30-10-6-17(7-11-30)14-26-15-18-3-1-2-4-21(18)19-8-12-33-16-19/h1-5,8-9,12-13,16-17,26H,6-7,10-11,14-15H2,(H,29,31,32). The van der Waals surface area contributed by atoms with Crippen molar-refractivity contribution in [2.75, 3.05) is 24.5 Å². The van der Waals surface area contributed by atoms with E-state index in [1.54, 1.807) is 29.7 Å². The summed E-state index contributed by atoms with van der Waals surface area (Å²) in [6, 6.07) is 12.5. The van der Waals surface area contributed by atoms with Gasteiger partial charge in [-0.3, -0.25) is 14.9 Å². The van der Waals surface area contributed by atoms with Gasteiger partial charge in [0.1, 0.15) is 0 Å². The molecule has 0 bridgehead atoms. The van der Waals surface area contributed by atoms with Crippen molar-refractivity contribution < 1.29 is 9.59 Å². The molecule has 0 spiro atoms. The van der Waals surface area contributed by atoms with Crippen LogP contribution in [-0.4, -0.2) is 40.7 Å². The Balaban J connectivity index is 1.13. The van der Waals surface area contributed by atoms with E-state index >= 15 is 0 Å². The maximum absolute atomic E-state index is 11.8. The first-order chi connectivity index (χ1) is 16.7. The molecule has 0 radical (unpaired) electrons. The summed E-state index contributed by atoms with van der Waals surface area (Å²) in [4.78, 5) is 34.7. The van der Waals surface area contributed by atoms with Crippen LogP contribution in [0.4, 0.5) is 10.7 Å². The highest BCUT2D eigenvalue weighted by atomic mass is 32.2. The summed E-state index contributed by atoms with van der Waals surface area (Å²) in [5.41, 5.74) is 4.54. The van der Waals surface area contributed by atoms with Crippen LogP contribution in [0.25, 0.3) is 17.2 Å². The van der Waals surface area contributed by atoms with Gasteiger partial charge in [0.05, 0.1) is 10.6 Å². The van der Waals surface area contributed by atoms with Crippen molar-refractivity contribution in [1.29, 1.82) is 0 Å². The number of hydrogen-bond acceptors (Lipinski definition) is 8. The molecular formula is C25H25N5O2S2. The van der Waals surface area contributed by atoms with Crippen LogP contribution in [-0.2, 0) is 11.3 Å². The van der Waals surface area contributed by atoms with E-state index in [-0.39, 0.29) is 11.1 Å². The quantitative estimate of drug-likeness (QED) is 0.469. The third kappa shape index (κ3) is 5.38. The number of thioether (sulfide) groups is 1. The lowest BCUT2D eigenvalue weighted by Crippen LogP contribution is -2.38. The van der Waals surface area contributed by atoms with Crippen LogP contribution in [0, 0.1) is 5.92 Å². The average molecular weight is 492 g/mol. The molecule has 2 N–H and O–H groups in total. The van der Waals surface area contributed by atoms with Gasteiger partial charge < -0.3 is 10.2 Å². The normalized spacial score (nSPS) is 18.0. The van der Waals surface area contributed by atoms with Crippen molar-refractivity contribution >= 4 is 46.3 Å². The molecule has 2 aliphatic rings. The highest BCUT2D eigenvalue weighted by molar-refractivity contribution is 8.18. The highest BCUT2D eigenvalue weighted by Crippen LogP contribution is 2.27. The van der Waals surface area contributed by atoms with E-state index in [0.29, 0.717) is 22.5 Å². The summed E-state index contributed by atoms with van der Waals surface area (Å²) in [5.74, 6) is 0.904. The molecule has 0 saturated carbocycles. The summed E-state index contributed by atoms with van der Waals surface area (Å²) in [6.45, 7) is 3.64. The van der Waals surface area contributed by atoms with Crippen LogP contribution in [0.5, 0.6) is 0 Å². The molecular weight excluding hydrogens is 466 g/mol. The first kappa shape index (κ1) is 22.8. The van der Waals surface area contributed by atoms with E-state index in [1.165, 1.54) is 16.7 Å². The molecule has 2 aromatic heterocycles. The Bertz CT molecular complexity index is 1200. The van der Waals surface area contributed by atoms with Gasteiger partial charge in [0.15, 0.2) is 0 Å². The van der Waals surface area contributed by atoms with Crippen LogP contribution >= 0.6 is 23.1 Å². The number of rotatable bonds is 7. The first-order valence-electron chi connectivity index (χ1n) is 11.3. The van der Waals surface area contributed by atoms with E-state index in [0.717, 1.165) is 50.8 Å². The highest BCUT2D eigenvalue weighted by Gasteiger charge is 2.25. The van der Waals surface area contributed by atoms with Crippen molar-refractivity contribution in [2.24, 2.45) is 5.92 Å². The van der Waals surface area contributed by atoms with E-state index in [4.69, 9.17) is 0 Å². The largest absolute Gasteiger partial charge is 0.341 e. The zero-order chi connectivity index (χ0) is 23.3. The van der Waals surface area contributed by atoms with Gasteiger partial charge in [0, 0.05) is 25.8 Å². The molecule has 0 atom stereocenters. The van der Waals surface area contributed by atoms with Gasteiger partial charge in [-0.15, -0.1) is 0 Å². The monoisotopic (exact) mass is 491 g/mol. The van der Waals surface area contributed by atoms with E-state index in [9.17, 15) is 9.59 Å². The van der Waals surface area contributed by atoms with Crippen molar-refractivity contribution in [2.45, 2.75) is 19.4 Å². The van der Waals surface area contributed by atoms with Crippen LogP contribution in [0.15, 0.2) is 58.3 Å². The zero-order valence-corrected chi connectivity index (χ0v) is 20.2. The molecule has 0 aliphatic carbocycles. The smallest absolute Gasteiger partial charge is 0.290 e. The summed E-state index contributed by atoms with van der Waals surface area (Å²) >= 11 is 2.62. The summed E-state index contributed by atoms with van der Waals surface area (Å²) in [7, 11) is 0. The number of imide groups is 1. The molecule has 174 valence electrons. The van der Waals surface area contributed by atoms with Gasteiger partial charge in [-0.2, -0.15) is 11.3 Å². The molecule has 4 heterocycles. The third-order valence-corrected chi connectivity index (χ3v) is 7.57. The molecule has 34 heavy (non-hydrogen) atoms. The van der Waals surface area contributed by atoms with Crippen molar-refractivity contribution in [3.63, 3.8) is 0 Å². The van der Waals surface area contributed by atoms with Crippen LogP contribution < -0.4 is 15.5 Å². The molecule has 1 aromatic carbocycles. The lowest BCUT2D eigenvalue weighted by atomic mass is 9.96. The first-order valence-corrected chi connectivity index (χ1v) is 13.1. The summed E-state index contributed by atoms with van der Waals surface area (Å²) < 4.78 is 0. The number of anilines is 1. The second-order valence-electron chi connectivity index (χ2n) is 8.36. The number of aromatic nitrogens is 2. The van der Waals surface area contributed by atoms with Crippen LogP contribution in [0.1, 0.15) is 24.1 Å². The van der Waals surface area contributed by atoms with Gasteiger partial charge in [0.2, 0.25) is 5.95 Å². The minimum absolute atomic E-state index is 0.351. The molecule has 3 aromatic rings. The number of hydrogen-bond donors (Lipinski definition) is 2. The maximum Gasteiger partial charge on any atom is 0.290 e. The number of thiophene rings is 1. The zero-order valence-electron chi connectivity index (χ0n) is 18.6. The number of piperidine rings is 1. The number of benzene rings is 1. The van der Waals surface area contributed by atoms with Crippen molar-refractivity contribution in [3.8, 4) is 11.1 Å². The van der Waals surface area contributed by atoms with E-state index in [2.05, 4.69) is 66.6 Å². The second-order valence-corrected chi connectivity index (χ2v) is 10.2. The van der Waals surface area contributed by atoms with E-state index < -0.39 is 0 Å². The minimum Gasteiger partial charge on any atom is -0.341 e. The van der Waals surface area contributed by atoms with E-state index in [1.807, 2.05) is 0 Å². The Hall–Kier alpha value is -3.01. The number of amides is 2. The van der Waals surface area contributed by atoms with Crippen molar-refractivity contribution in [3.05, 3.63) is 69.5 Å². The average Bonchev–Trinajstić information content (AvgIpc) is 3.50. The molecule has 2 fully saturated rings. The fourth-order valence-corrected chi connectivity index (χ4v) is 5.59. The lowest BCUT2D eigenvalue weighted by molar-refractivity contribution is -0.115. The molecule has 2 saturated heterocycles. The van der Waals surface area contributed by atoms with Gasteiger partial charge in [-0.25, -0.2) is 9.97 Å². The predicted octanol–water partition coefficient (Wildman–Crippen LogP) is 4.54. The third-order valence-electron chi connectivity index (χ3n) is 6.08. The molecule has 2 aliphatic heterocycles. The molecule has 7 nitrogen and oxygen atoms in total. The Morgan fingerprint density at radius 2 is 2.00 bits per heavy atom. The molecule has 9 heteroatoms. The predicted molar refractivity (Wildman–Crippen MR) is 138 cm³/mol. The topological polar surface area (TPSA) is 87.2 Å². The number of carbonyl (C=O) groups is 2. The molecule has 2 amide bonds. The number of carbonyl (C=O) groups excluding carboxylic acids is 2. The minimum atomic E-state index is -0.374. The van der Waals surface area contributed by atoms with Gasteiger partial charge in [-0.05, 0) is 82.7 Å². The fourth-order valence-electron chi connectivity index (χ4n) is 4.27. The SMILES string of the molecule is O=C1NC(=O)C(=Cc2ccnc(N3CCC(CNCc4ccccc4-c4ccsc4)CC3)n2)S1. The van der Waals surface area contributed by atoms with Crippen molar-refractivity contribution in [1.82, 2.24) is 20.6 Å². The van der Waals surface area contributed by atoms with Gasteiger partial charge >= 0.3 is 0 Å². The summed E-state index contributed by atoms with van der Waals surface area (Å²) in [5, 5.41) is 9.89. The maximum atomic E-state index is 11.8. The van der Waals surface area contributed by atoms with Crippen LogP contribution in [0.3, 0.4) is 0 Å². The fraction of sp³-hybridized carbons (Fsp3) is 0.280. The van der Waals surface area contributed by atoms with Gasteiger partial charge in [0.25, 0.3) is 11.1 Å². The second kappa shape index (κ2) is 10.5. The Labute approximate surface area is 206 Å². The Morgan fingerprint density at radius 3 is 2.76 bits per heavy atom. The Kier molecular flexibility index (Phi) is 7.03. The Morgan fingerprint density at radius 1 is 1.15 bits per heavy atom. The molecule has 5 rings (SSSR count). The number of nitrogens with one attached hydrogen (secondary N) is 2. The van der Waals surface area contributed by atoms with Crippen LogP contribution in [0.2, 0.25) is 0 Å². The molecule has 0 unspecified atom stereocenters. The number of nitrogens with zero attached hydrogens (tertiary/aromatic N) is 3. The van der Waals surface area contributed by atoms with Gasteiger partial charge in [-0.1, -0.05) is 24.3 Å².